The van der Waals surface area contributed by atoms with E-state index in [1.807, 2.05) is 86.5 Å². The van der Waals surface area contributed by atoms with Crippen molar-refractivity contribution in [3.8, 4) is 0 Å². The maximum atomic E-state index is 4.45. The van der Waals surface area contributed by atoms with Gasteiger partial charge in [-0.3, -0.25) is 5.43 Å². The third-order valence-corrected chi connectivity index (χ3v) is 2.99. The summed E-state index contributed by atoms with van der Waals surface area (Å²) >= 11 is 0. The van der Waals surface area contributed by atoms with Gasteiger partial charge in [0.2, 0.25) is 5.95 Å². The second kappa shape index (κ2) is 7.93. The van der Waals surface area contributed by atoms with Crippen molar-refractivity contribution in [1.29, 1.82) is 0 Å². The third-order valence-electron chi connectivity index (χ3n) is 2.99. The van der Waals surface area contributed by atoms with E-state index in [1.165, 1.54) is 0 Å². The van der Waals surface area contributed by atoms with Gasteiger partial charge in [0.1, 0.15) is 5.82 Å². The van der Waals surface area contributed by atoms with Crippen LogP contribution in [-0.2, 0) is 0 Å². The van der Waals surface area contributed by atoms with Crippen molar-refractivity contribution < 1.29 is 0 Å². The number of nitrogens with zero attached hydrogens (tertiary/aromatic N) is 5. The number of aromatic nitrogens is 2. The molecule has 0 spiro atoms. The molecule has 120 valence electrons. The minimum Gasteiger partial charge on any atom is -0.363 e. The van der Waals surface area contributed by atoms with Gasteiger partial charge < -0.3 is 9.80 Å². The zero-order valence-corrected chi connectivity index (χ0v) is 13.9. The molecule has 1 aromatic carbocycles. The molecule has 0 bridgehead atoms. The van der Waals surface area contributed by atoms with Crippen LogP contribution in [0.25, 0.3) is 6.08 Å². The predicted molar refractivity (Wildman–Crippen MR) is 98.3 cm³/mol. The molecule has 0 atom stereocenters. The maximum absolute atomic E-state index is 4.45. The van der Waals surface area contributed by atoms with Gasteiger partial charge in [-0.15, -0.1) is 0 Å². The van der Waals surface area contributed by atoms with Crippen molar-refractivity contribution >= 4 is 29.9 Å². The molecule has 0 aliphatic heterocycles. The Hall–Kier alpha value is -2.89. The first-order chi connectivity index (χ1) is 11.1. The molecule has 6 heteroatoms. The zero-order chi connectivity index (χ0) is 16.7. The van der Waals surface area contributed by atoms with Gasteiger partial charge in [0.15, 0.2) is 5.82 Å². The minimum atomic E-state index is 0.633. The minimum absolute atomic E-state index is 0.633. The molecule has 6 nitrogen and oxygen atoms in total. The fraction of sp³-hybridized carbons (Fsp3) is 0.235. The number of hydrogen-bond donors (Lipinski definition) is 1. The van der Waals surface area contributed by atoms with Gasteiger partial charge >= 0.3 is 0 Å². The van der Waals surface area contributed by atoms with Crippen molar-refractivity contribution in [3.63, 3.8) is 0 Å². The Bertz CT molecular complexity index is 650. The molecule has 2 rings (SSSR count). The van der Waals surface area contributed by atoms with Gasteiger partial charge in [0.25, 0.3) is 0 Å². The normalized spacial score (nSPS) is 11.1. The van der Waals surface area contributed by atoms with Crippen LogP contribution in [0.15, 0.2) is 47.6 Å². The molecule has 0 fully saturated rings. The lowest BCUT2D eigenvalue weighted by molar-refractivity contribution is 0.966. The monoisotopic (exact) mass is 310 g/mol. The SMILES string of the molecule is CN(C)c1cc(NN=CC=Cc2ccccc2)nc(N(C)C)n1. The summed E-state index contributed by atoms with van der Waals surface area (Å²) in [6.45, 7) is 0. The van der Waals surface area contributed by atoms with E-state index in [0.29, 0.717) is 11.8 Å². The number of hydrazone groups is 1. The van der Waals surface area contributed by atoms with Crippen molar-refractivity contribution in [2.45, 2.75) is 0 Å². The summed E-state index contributed by atoms with van der Waals surface area (Å²) in [5.74, 6) is 2.10. The van der Waals surface area contributed by atoms with Crippen LogP contribution in [0.2, 0.25) is 0 Å². The zero-order valence-electron chi connectivity index (χ0n) is 13.9. The fourth-order valence-corrected chi connectivity index (χ4v) is 1.77. The fourth-order valence-electron chi connectivity index (χ4n) is 1.77. The van der Waals surface area contributed by atoms with E-state index in [2.05, 4.69) is 20.5 Å². The van der Waals surface area contributed by atoms with E-state index >= 15 is 0 Å². The lowest BCUT2D eigenvalue weighted by Crippen LogP contribution is -2.17. The maximum Gasteiger partial charge on any atom is 0.228 e. The molecule has 1 aromatic heterocycles. The Kier molecular flexibility index (Phi) is 5.68. The number of anilines is 3. The Balaban J connectivity index is 2.04. The van der Waals surface area contributed by atoms with Gasteiger partial charge in [-0.05, 0) is 11.6 Å². The standard InChI is InChI=1S/C17H22N6/c1-22(2)16-13-15(19-17(20-16)23(3)4)21-18-12-8-11-14-9-6-5-7-10-14/h5-13H,1-4H3,(H,19,20,21). The molecule has 0 unspecified atom stereocenters. The molecule has 1 heterocycles. The van der Waals surface area contributed by atoms with E-state index in [1.54, 1.807) is 6.21 Å². The molecule has 0 aliphatic carbocycles. The molecule has 0 radical (unpaired) electrons. The van der Waals surface area contributed by atoms with Crippen molar-refractivity contribution in [3.05, 3.63) is 48.0 Å². The number of hydrogen-bond acceptors (Lipinski definition) is 6. The number of nitrogens with one attached hydrogen (secondary N) is 1. The first-order valence-corrected chi connectivity index (χ1v) is 7.31. The van der Waals surface area contributed by atoms with Crippen molar-refractivity contribution in [1.82, 2.24) is 9.97 Å². The van der Waals surface area contributed by atoms with Gasteiger partial charge in [-0.2, -0.15) is 15.1 Å². The highest BCUT2D eigenvalue weighted by atomic mass is 15.3. The van der Waals surface area contributed by atoms with Crippen LogP contribution in [0, 0.1) is 0 Å². The van der Waals surface area contributed by atoms with Gasteiger partial charge in [0.05, 0.1) is 0 Å². The van der Waals surface area contributed by atoms with Gasteiger partial charge in [0, 0.05) is 40.5 Å². The lowest BCUT2D eigenvalue weighted by atomic mass is 10.2. The van der Waals surface area contributed by atoms with Crippen molar-refractivity contribution in [2.75, 3.05) is 43.4 Å². The molecular weight excluding hydrogens is 288 g/mol. The smallest absolute Gasteiger partial charge is 0.228 e. The number of benzene rings is 1. The summed E-state index contributed by atoms with van der Waals surface area (Å²) in [6, 6.07) is 11.9. The lowest BCUT2D eigenvalue weighted by Gasteiger charge is -2.16. The largest absolute Gasteiger partial charge is 0.363 e. The van der Waals surface area contributed by atoms with E-state index in [4.69, 9.17) is 0 Å². The Labute approximate surface area is 137 Å². The van der Waals surface area contributed by atoms with E-state index in [9.17, 15) is 0 Å². The van der Waals surface area contributed by atoms with Crippen molar-refractivity contribution in [2.24, 2.45) is 5.10 Å². The highest BCUT2D eigenvalue weighted by Crippen LogP contribution is 2.17. The van der Waals surface area contributed by atoms with Crippen LogP contribution in [0.5, 0.6) is 0 Å². The Morgan fingerprint density at radius 1 is 1.00 bits per heavy atom. The molecule has 0 amide bonds. The van der Waals surface area contributed by atoms with Crippen LogP contribution < -0.4 is 15.2 Å². The van der Waals surface area contributed by atoms with Crippen LogP contribution >= 0.6 is 0 Å². The Morgan fingerprint density at radius 2 is 1.74 bits per heavy atom. The second-order valence-electron chi connectivity index (χ2n) is 5.36. The van der Waals surface area contributed by atoms with Crippen LogP contribution in [0.1, 0.15) is 5.56 Å². The van der Waals surface area contributed by atoms with Crippen LogP contribution in [0.3, 0.4) is 0 Å². The number of allylic oxidation sites excluding steroid dienone is 1. The van der Waals surface area contributed by atoms with Gasteiger partial charge in [-0.1, -0.05) is 36.4 Å². The topological polar surface area (TPSA) is 56.6 Å². The number of rotatable bonds is 6. The second-order valence-corrected chi connectivity index (χ2v) is 5.36. The average molecular weight is 310 g/mol. The molecule has 0 saturated heterocycles. The third kappa shape index (κ3) is 5.10. The molecule has 23 heavy (non-hydrogen) atoms. The van der Waals surface area contributed by atoms with Crippen LogP contribution in [-0.4, -0.2) is 44.4 Å². The molecular formula is C17H22N6. The Morgan fingerprint density at radius 3 is 2.39 bits per heavy atom. The molecule has 1 N–H and O–H groups in total. The summed E-state index contributed by atoms with van der Waals surface area (Å²) in [5, 5.41) is 4.17. The summed E-state index contributed by atoms with van der Waals surface area (Å²) < 4.78 is 0. The molecule has 2 aromatic rings. The summed E-state index contributed by atoms with van der Waals surface area (Å²) in [7, 11) is 7.70. The average Bonchev–Trinajstić information content (AvgIpc) is 2.55. The van der Waals surface area contributed by atoms with E-state index in [-0.39, 0.29) is 0 Å². The highest BCUT2D eigenvalue weighted by molar-refractivity contribution is 5.78. The summed E-state index contributed by atoms with van der Waals surface area (Å²) in [4.78, 5) is 12.6. The van der Waals surface area contributed by atoms with Gasteiger partial charge in [-0.25, -0.2) is 0 Å². The first kappa shape index (κ1) is 16.5. The van der Waals surface area contributed by atoms with Crippen LogP contribution in [0.4, 0.5) is 17.6 Å². The molecule has 0 aliphatic rings. The van der Waals surface area contributed by atoms with E-state index < -0.39 is 0 Å². The highest BCUT2D eigenvalue weighted by Gasteiger charge is 2.07. The first-order valence-electron chi connectivity index (χ1n) is 7.31. The quantitative estimate of drug-likeness (QED) is 0.657. The summed E-state index contributed by atoms with van der Waals surface area (Å²) in [5.41, 5.74) is 4.07. The van der Waals surface area contributed by atoms with E-state index in [0.717, 1.165) is 11.4 Å². The predicted octanol–water partition coefficient (Wildman–Crippen LogP) is 2.72. The molecule has 0 saturated carbocycles. The summed E-state index contributed by atoms with van der Waals surface area (Å²) in [6.07, 6.45) is 5.56.